The number of urea groups is 1. The fourth-order valence-electron chi connectivity index (χ4n) is 5.06. The van der Waals surface area contributed by atoms with E-state index in [-0.39, 0.29) is 18.8 Å². The minimum atomic E-state index is -4.97. The first-order valence-electron chi connectivity index (χ1n) is 12.8. The fourth-order valence-corrected chi connectivity index (χ4v) is 6.64. The number of para-hydroxylation sites is 1. The van der Waals surface area contributed by atoms with Crippen LogP contribution in [0.2, 0.25) is 0 Å². The summed E-state index contributed by atoms with van der Waals surface area (Å²) in [5.41, 5.74) is 0.355. The first-order valence-corrected chi connectivity index (χ1v) is 14.2. The van der Waals surface area contributed by atoms with Crippen molar-refractivity contribution in [2.45, 2.75) is 31.0 Å². The molecule has 0 bridgehead atoms. The minimum absolute atomic E-state index is 0.252. The van der Waals surface area contributed by atoms with E-state index in [0.717, 1.165) is 34.5 Å². The van der Waals surface area contributed by atoms with Crippen LogP contribution >= 0.6 is 0 Å². The van der Waals surface area contributed by atoms with E-state index in [2.05, 4.69) is 9.97 Å². The first kappa shape index (κ1) is 28.3. The molecule has 0 N–H and O–H groups in total. The number of benzene rings is 2. The lowest BCUT2D eigenvalue weighted by Gasteiger charge is -2.37. The summed E-state index contributed by atoms with van der Waals surface area (Å²) in [6, 6.07) is 9.29. The van der Waals surface area contributed by atoms with E-state index >= 15 is 0 Å². The number of alkyl halides is 3. The third-order valence-electron chi connectivity index (χ3n) is 7.09. The third-order valence-corrected chi connectivity index (χ3v) is 8.89. The van der Waals surface area contributed by atoms with Gasteiger partial charge in [-0.2, -0.15) is 13.2 Å². The number of nitrogens with zero attached hydrogens (tertiary/aromatic N) is 6. The van der Waals surface area contributed by atoms with Gasteiger partial charge >= 0.3 is 12.2 Å². The van der Waals surface area contributed by atoms with Gasteiger partial charge in [0.1, 0.15) is 11.9 Å². The van der Waals surface area contributed by atoms with Crippen LogP contribution in [0.5, 0.6) is 0 Å². The predicted octanol–water partition coefficient (Wildman–Crippen LogP) is 3.46. The molecule has 2 aliphatic rings. The van der Waals surface area contributed by atoms with Crippen molar-refractivity contribution in [3.63, 3.8) is 0 Å². The van der Waals surface area contributed by atoms with Crippen LogP contribution in [0.25, 0.3) is 0 Å². The SMILES string of the molecule is Cc1cnc(C)c(N2CCN(C(=O)C3CN(S(=O)(=O)c4ccccc4C(F)(F)F)C(=O)N3c3ccccc3)CC2)n1. The summed E-state index contributed by atoms with van der Waals surface area (Å²) < 4.78 is 68.5. The van der Waals surface area contributed by atoms with E-state index < -0.39 is 51.2 Å². The number of hydrogen-bond acceptors (Lipinski definition) is 7. The van der Waals surface area contributed by atoms with E-state index in [1.165, 1.54) is 17.0 Å². The zero-order valence-electron chi connectivity index (χ0n) is 22.2. The molecule has 10 nitrogen and oxygen atoms in total. The van der Waals surface area contributed by atoms with Crippen LogP contribution in [0.3, 0.4) is 0 Å². The molecular formula is C27H27F3N6O4S. The quantitative estimate of drug-likeness (QED) is 0.450. The lowest BCUT2D eigenvalue weighted by atomic mass is 10.2. The molecule has 216 valence electrons. The zero-order chi connectivity index (χ0) is 29.5. The molecule has 2 saturated heterocycles. The van der Waals surface area contributed by atoms with Gasteiger partial charge in [-0.3, -0.25) is 14.7 Å². The molecule has 0 aliphatic carbocycles. The second-order valence-corrected chi connectivity index (χ2v) is 11.6. The van der Waals surface area contributed by atoms with Crippen molar-refractivity contribution in [1.82, 2.24) is 19.2 Å². The molecule has 2 fully saturated rings. The standard InChI is InChI=1S/C27H27F3N6O4S/c1-18-16-31-19(2)24(32-18)33-12-14-34(15-13-33)25(37)22-17-35(26(38)36(22)20-8-4-3-5-9-20)41(39,40)23-11-7-6-10-21(23)27(28,29)30/h3-11,16,22H,12-15,17H2,1-2H3. The van der Waals surface area contributed by atoms with Gasteiger partial charge in [0.15, 0.2) is 0 Å². The van der Waals surface area contributed by atoms with Gasteiger partial charge in [-0.1, -0.05) is 30.3 Å². The number of carbonyl (C=O) groups is 2. The van der Waals surface area contributed by atoms with E-state index in [0.29, 0.717) is 29.3 Å². The highest BCUT2D eigenvalue weighted by Crippen LogP contribution is 2.37. The molecule has 0 radical (unpaired) electrons. The van der Waals surface area contributed by atoms with Crippen molar-refractivity contribution in [3.05, 3.63) is 77.7 Å². The Morgan fingerprint density at radius 1 is 0.951 bits per heavy atom. The summed E-state index contributed by atoms with van der Waals surface area (Å²) in [6.45, 7) is 4.43. The van der Waals surface area contributed by atoms with Gasteiger partial charge in [-0.25, -0.2) is 22.5 Å². The predicted molar refractivity (Wildman–Crippen MR) is 144 cm³/mol. The topological polar surface area (TPSA) is 107 Å². The highest BCUT2D eigenvalue weighted by atomic mass is 32.2. The largest absolute Gasteiger partial charge is 0.417 e. The number of halogens is 3. The van der Waals surface area contributed by atoms with Crippen LogP contribution in [0.15, 0.2) is 65.7 Å². The molecule has 5 rings (SSSR count). The Labute approximate surface area is 235 Å². The average molecular weight is 589 g/mol. The van der Waals surface area contributed by atoms with Crippen LogP contribution in [-0.4, -0.2) is 78.3 Å². The second kappa shape index (κ2) is 10.7. The maximum absolute atomic E-state index is 13.8. The molecule has 0 spiro atoms. The van der Waals surface area contributed by atoms with Crippen LogP contribution < -0.4 is 9.80 Å². The number of piperazine rings is 1. The molecule has 3 heterocycles. The van der Waals surface area contributed by atoms with E-state index in [9.17, 15) is 31.2 Å². The number of anilines is 2. The number of aromatic nitrogens is 2. The van der Waals surface area contributed by atoms with Crippen LogP contribution in [-0.2, 0) is 21.0 Å². The van der Waals surface area contributed by atoms with Gasteiger partial charge in [0, 0.05) is 38.1 Å². The molecular weight excluding hydrogens is 561 g/mol. The molecule has 3 aromatic rings. The van der Waals surface area contributed by atoms with Gasteiger partial charge in [-0.05, 0) is 38.1 Å². The molecule has 1 aromatic heterocycles. The zero-order valence-corrected chi connectivity index (χ0v) is 23.1. The Balaban J connectivity index is 1.44. The van der Waals surface area contributed by atoms with Crippen LogP contribution in [0.1, 0.15) is 17.0 Å². The number of amides is 3. The normalized spacial score (nSPS) is 18.3. The van der Waals surface area contributed by atoms with Gasteiger partial charge in [0.05, 0.1) is 28.4 Å². The molecule has 0 saturated carbocycles. The number of carbonyl (C=O) groups excluding carboxylic acids is 2. The van der Waals surface area contributed by atoms with Crippen LogP contribution in [0.4, 0.5) is 29.5 Å². The Hall–Kier alpha value is -4.20. The number of rotatable bonds is 5. The van der Waals surface area contributed by atoms with E-state index in [1.807, 2.05) is 18.7 Å². The molecule has 3 amide bonds. The van der Waals surface area contributed by atoms with Crippen molar-refractivity contribution in [2.24, 2.45) is 0 Å². The number of hydrogen-bond donors (Lipinski definition) is 0. The van der Waals surface area contributed by atoms with Gasteiger partial charge < -0.3 is 9.80 Å². The maximum atomic E-state index is 13.8. The monoisotopic (exact) mass is 588 g/mol. The highest BCUT2D eigenvalue weighted by molar-refractivity contribution is 7.89. The third kappa shape index (κ3) is 5.31. The highest BCUT2D eigenvalue weighted by Gasteiger charge is 2.50. The average Bonchev–Trinajstić information content (AvgIpc) is 3.31. The van der Waals surface area contributed by atoms with Crippen LogP contribution in [0, 0.1) is 13.8 Å². The Morgan fingerprint density at radius 3 is 2.24 bits per heavy atom. The summed E-state index contributed by atoms with van der Waals surface area (Å²) >= 11 is 0. The lowest BCUT2D eigenvalue weighted by molar-refractivity contribution is -0.140. The summed E-state index contributed by atoms with van der Waals surface area (Å²) in [7, 11) is -4.97. The van der Waals surface area contributed by atoms with Crippen molar-refractivity contribution < 1.29 is 31.2 Å². The second-order valence-electron chi connectivity index (χ2n) is 9.77. The van der Waals surface area contributed by atoms with E-state index in [1.54, 1.807) is 24.4 Å². The fraction of sp³-hybridized carbons (Fsp3) is 0.333. The van der Waals surface area contributed by atoms with Crippen molar-refractivity contribution >= 4 is 33.5 Å². The first-order chi connectivity index (χ1) is 19.4. The molecule has 14 heteroatoms. The Morgan fingerprint density at radius 2 is 1.59 bits per heavy atom. The lowest BCUT2D eigenvalue weighted by Crippen LogP contribution is -2.55. The van der Waals surface area contributed by atoms with Crippen molar-refractivity contribution in [1.29, 1.82) is 0 Å². The van der Waals surface area contributed by atoms with Crippen molar-refractivity contribution in [3.8, 4) is 0 Å². The molecule has 1 atom stereocenters. The molecule has 1 unspecified atom stereocenters. The minimum Gasteiger partial charge on any atom is -0.352 e. The Kier molecular flexibility index (Phi) is 7.36. The van der Waals surface area contributed by atoms with Gasteiger partial charge in [0.25, 0.3) is 10.0 Å². The van der Waals surface area contributed by atoms with Gasteiger partial charge in [-0.15, -0.1) is 0 Å². The summed E-state index contributed by atoms with van der Waals surface area (Å²) in [5.74, 6) is 0.204. The van der Waals surface area contributed by atoms with Crippen molar-refractivity contribution in [2.75, 3.05) is 42.5 Å². The summed E-state index contributed by atoms with van der Waals surface area (Å²) in [5, 5.41) is 0. The number of sulfonamides is 1. The Bertz CT molecular complexity index is 1580. The summed E-state index contributed by atoms with van der Waals surface area (Å²) in [4.78, 5) is 39.8. The molecule has 2 aliphatic heterocycles. The number of aryl methyl sites for hydroxylation is 2. The maximum Gasteiger partial charge on any atom is 0.417 e. The summed E-state index contributed by atoms with van der Waals surface area (Å²) in [6.07, 6.45) is -3.30. The molecule has 41 heavy (non-hydrogen) atoms. The smallest absolute Gasteiger partial charge is 0.352 e. The van der Waals surface area contributed by atoms with E-state index in [4.69, 9.17) is 0 Å². The van der Waals surface area contributed by atoms with Gasteiger partial charge in [0.2, 0.25) is 5.91 Å². The molecule has 2 aromatic carbocycles.